The molecule has 0 atom stereocenters. The summed E-state index contributed by atoms with van der Waals surface area (Å²) in [6.07, 6.45) is 25.6. The van der Waals surface area contributed by atoms with Crippen molar-refractivity contribution in [3.63, 3.8) is 0 Å². The molecule has 28 heavy (non-hydrogen) atoms. The zero-order chi connectivity index (χ0) is 19.2. The van der Waals surface area contributed by atoms with Crippen molar-refractivity contribution in [1.82, 2.24) is 0 Å². The van der Waals surface area contributed by atoms with E-state index in [1.54, 1.807) is 0 Å². The van der Waals surface area contributed by atoms with Gasteiger partial charge in [-0.25, -0.2) is 0 Å². The van der Waals surface area contributed by atoms with Crippen molar-refractivity contribution in [2.75, 3.05) is 6.61 Å². The Kier molecular flexibility index (Phi) is 14.5. The third-order valence-electron chi connectivity index (χ3n) is 6.83. The van der Waals surface area contributed by atoms with Crippen molar-refractivity contribution in [3.05, 3.63) is 0 Å². The van der Waals surface area contributed by atoms with E-state index in [4.69, 9.17) is 9.47 Å². The quantitative estimate of drug-likeness (QED) is 0.227. The van der Waals surface area contributed by atoms with Gasteiger partial charge in [-0.3, -0.25) is 0 Å². The zero-order valence-corrected chi connectivity index (χ0v) is 19.1. The molecule has 0 amide bonds. The first-order chi connectivity index (χ1) is 13.2. The normalized spacial score (nSPS) is 26.1. The fourth-order valence-corrected chi connectivity index (χ4v) is 4.83. The van der Waals surface area contributed by atoms with E-state index in [1.807, 2.05) is 0 Å². The summed E-state index contributed by atoms with van der Waals surface area (Å²) >= 11 is 0. The molecule has 3 heteroatoms. The molecule has 2 N–H and O–H groups in total. The number of hydrogen-bond acceptors (Lipinski definition) is 2. The highest BCUT2D eigenvalue weighted by atomic mass is 16.7. The standard InChI is InChI=1S/C25H48O2.H2O/c1-3-4-5-6-7-8-9-10-11-15-22-26-25(20-18-23(2)19-21-25)27-24-16-13-12-14-17-24;/h23-24H,3-22H2,1-2H3;1H2. The molecule has 0 radical (unpaired) electrons. The van der Waals surface area contributed by atoms with Gasteiger partial charge in [-0.2, -0.15) is 0 Å². The van der Waals surface area contributed by atoms with Gasteiger partial charge in [0.2, 0.25) is 0 Å². The maximum Gasteiger partial charge on any atom is 0.168 e. The average molecular weight is 399 g/mol. The van der Waals surface area contributed by atoms with E-state index in [-0.39, 0.29) is 11.3 Å². The minimum absolute atomic E-state index is 0. The van der Waals surface area contributed by atoms with Gasteiger partial charge in [0, 0.05) is 12.8 Å². The number of rotatable bonds is 14. The van der Waals surface area contributed by atoms with Crippen LogP contribution in [-0.2, 0) is 9.47 Å². The van der Waals surface area contributed by atoms with Gasteiger partial charge in [0.15, 0.2) is 5.79 Å². The fraction of sp³-hybridized carbons (Fsp3) is 1.00. The van der Waals surface area contributed by atoms with Gasteiger partial charge in [0.25, 0.3) is 0 Å². The highest BCUT2D eigenvalue weighted by Crippen LogP contribution is 2.38. The second kappa shape index (κ2) is 15.7. The van der Waals surface area contributed by atoms with Crippen molar-refractivity contribution < 1.29 is 14.9 Å². The van der Waals surface area contributed by atoms with Crippen molar-refractivity contribution in [2.24, 2.45) is 5.92 Å². The molecule has 3 nitrogen and oxygen atoms in total. The molecule has 0 saturated heterocycles. The number of unbranched alkanes of at least 4 members (excludes halogenated alkanes) is 9. The van der Waals surface area contributed by atoms with Crippen molar-refractivity contribution in [3.8, 4) is 0 Å². The van der Waals surface area contributed by atoms with E-state index in [1.165, 1.54) is 109 Å². The first-order valence-corrected chi connectivity index (χ1v) is 12.6. The molecule has 0 aromatic heterocycles. The summed E-state index contributed by atoms with van der Waals surface area (Å²) in [4.78, 5) is 0. The van der Waals surface area contributed by atoms with Crippen molar-refractivity contribution in [2.45, 2.75) is 148 Å². The lowest BCUT2D eigenvalue weighted by atomic mass is 9.85. The first kappa shape index (κ1) is 25.9. The van der Waals surface area contributed by atoms with E-state index >= 15 is 0 Å². The van der Waals surface area contributed by atoms with Gasteiger partial charge in [-0.05, 0) is 38.0 Å². The Morgan fingerprint density at radius 2 is 1.25 bits per heavy atom. The number of ether oxygens (including phenoxy) is 2. The Bertz CT molecular complexity index is 344. The Balaban J connectivity index is 0.00000392. The molecule has 0 aromatic rings. The molecule has 0 spiro atoms. The lowest BCUT2D eigenvalue weighted by Gasteiger charge is -2.42. The van der Waals surface area contributed by atoms with E-state index in [9.17, 15) is 0 Å². The van der Waals surface area contributed by atoms with Crippen LogP contribution in [0.3, 0.4) is 0 Å². The summed E-state index contributed by atoms with van der Waals surface area (Å²) in [7, 11) is 0. The average Bonchev–Trinajstić information content (AvgIpc) is 2.69. The SMILES string of the molecule is CCCCCCCCCCCCOC1(OC2CCCCC2)CCC(C)CC1.O. The van der Waals surface area contributed by atoms with Crippen LogP contribution in [0.1, 0.15) is 136 Å². The Morgan fingerprint density at radius 3 is 1.82 bits per heavy atom. The summed E-state index contributed by atoms with van der Waals surface area (Å²) in [6, 6.07) is 0. The molecular formula is C25H50O3. The second-order valence-electron chi connectivity index (χ2n) is 9.50. The summed E-state index contributed by atoms with van der Waals surface area (Å²) < 4.78 is 13.1. The minimum atomic E-state index is -0.242. The predicted octanol–water partition coefficient (Wildman–Crippen LogP) is 7.35. The highest BCUT2D eigenvalue weighted by molar-refractivity contribution is 4.81. The van der Waals surface area contributed by atoms with Crippen LogP contribution in [0.2, 0.25) is 0 Å². The van der Waals surface area contributed by atoms with Crippen LogP contribution in [-0.4, -0.2) is 24.0 Å². The van der Waals surface area contributed by atoms with Gasteiger partial charge < -0.3 is 14.9 Å². The monoisotopic (exact) mass is 398 g/mol. The zero-order valence-electron chi connectivity index (χ0n) is 19.1. The Labute approximate surface area is 175 Å². The molecule has 2 saturated carbocycles. The van der Waals surface area contributed by atoms with E-state index < -0.39 is 0 Å². The van der Waals surface area contributed by atoms with Crippen molar-refractivity contribution in [1.29, 1.82) is 0 Å². The first-order valence-electron chi connectivity index (χ1n) is 12.6. The van der Waals surface area contributed by atoms with Crippen LogP contribution < -0.4 is 0 Å². The van der Waals surface area contributed by atoms with Gasteiger partial charge >= 0.3 is 0 Å². The van der Waals surface area contributed by atoms with Gasteiger partial charge in [0.05, 0.1) is 12.7 Å². The molecule has 168 valence electrons. The van der Waals surface area contributed by atoms with E-state index in [0.29, 0.717) is 6.10 Å². The third kappa shape index (κ3) is 10.6. The molecule has 2 rings (SSSR count). The van der Waals surface area contributed by atoms with E-state index in [0.717, 1.165) is 25.4 Å². The minimum Gasteiger partial charge on any atom is -0.412 e. The Morgan fingerprint density at radius 1 is 0.714 bits per heavy atom. The fourth-order valence-electron chi connectivity index (χ4n) is 4.83. The maximum absolute atomic E-state index is 6.64. The second-order valence-corrected chi connectivity index (χ2v) is 9.50. The summed E-state index contributed by atoms with van der Waals surface area (Å²) in [5.41, 5.74) is 0. The maximum atomic E-state index is 6.64. The van der Waals surface area contributed by atoms with Gasteiger partial charge in [0.1, 0.15) is 0 Å². The molecule has 0 bridgehead atoms. The smallest absolute Gasteiger partial charge is 0.168 e. The molecular weight excluding hydrogens is 348 g/mol. The lowest BCUT2D eigenvalue weighted by Crippen LogP contribution is -2.43. The summed E-state index contributed by atoms with van der Waals surface area (Å²) in [5.74, 6) is 0.599. The molecule has 2 aliphatic carbocycles. The Hall–Kier alpha value is -0.120. The molecule has 2 aliphatic rings. The molecule has 0 heterocycles. The van der Waals surface area contributed by atoms with Crippen LogP contribution >= 0.6 is 0 Å². The van der Waals surface area contributed by atoms with Crippen LogP contribution in [0.5, 0.6) is 0 Å². The molecule has 0 unspecified atom stereocenters. The van der Waals surface area contributed by atoms with Gasteiger partial charge in [-0.15, -0.1) is 0 Å². The van der Waals surface area contributed by atoms with Crippen LogP contribution in [0.4, 0.5) is 0 Å². The van der Waals surface area contributed by atoms with E-state index in [2.05, 4.69) is 13.8 Å². The lowest BCUT2D eigenvalue weighted by molar-refractivity contribution is -0.279. The molecule has 2 fully saturated rings. The third-order valence-corrected chi connectivity index (χ3v) is 6.83. The predicted molar refractivity (Wildman–Crippen MR) is 120 cm³/mol. The van der Waals surface area contributed by atoms with Gasteiger partial charge in [-0.1, -0.05) is 90.9 Å². The van der Waals surface area contributed by atoms with Crippen molar-refractivity contribution >= 4 is 0 Å². The van der Waals surface area contributed by atoms with Crippen LogP contribution in [0, 0.1) is 5.92 Å². The highest BCUT2D eigenvalue weighted by Gasteiger charge is 2.38. The molecule has 0 aliphatic heterocycles. The summed E-state index contributed by atoms with van der Waals surface area (Å²) in [5, 5.41) is 0. The largest absolute Gasteiger partial charge is 0.412 e. The number of hydrogen-bond donors (Lipinski definition) is 0. The summed E-state index contributed by atoms with van der Waals surface area (Å²) in [6.45, 7) is 5.57. The van der Waals surface area contributed by atoms with Crippen LogP contribution in [0.25, 0.3) is 0 Å². The van der Waals surface area contributed by atoms with Crippen LogP contribution in [0.15, 0.2) is 0 Å². The topological polar surface area (TPSA) is 50.0 Å². The molecule has 0 aromatic carbocycles.